The molecule has 1 aliphatic heterocycles. The van der Waals surface area contributed by atoms with Crippen LogP contribution in [0.25, 0.3) is 0 Å². The number of amides is 1. The molecule has 6 heteroatoms. The summed E-state index contributed by atoms with van der Waals surface area (Å²) in [6.07, 6.45) is 1.98. The van der Waals surface area contributed by atoms with Gasteiger partial charge in [0.2, 0.25) is 0 Å². The van der Waals surface area contributed by atoms with Crippen LogP contribution in [0.4, 0.5) is 4.79 Å². The van der Waals surface area contributed by atoms with Gasteiger partial charge in [-0.2, -0.15) is 5.26 Å². The van der Waals surface area contributed by atoms with Crippen LogP contribution in [-0.4, -0.2) is 41.8 Å². The van der Waals surface area contributed by atoms with E-state index in [1.54, 1.807) is 6.92 Å². The van der Waals surface area contributed by atoms with Crippen molar-refractivity contribution in [1.82, 2.24) is 4.90 Å². The van der Waals surface area contributed by atoms with Gasteiger partial charge >= 0.3 is 12.1 Å². The molecule has 0 aromatic heterocycles. The molecule has 6 nitrogen and oxygen atoms in total. The summed E-state index contributed by atoms with van der Waals surface area (Å²) in [5, 5.41) is 17.8. The van der Waals surface area contributed by atoms with Crippen molar-refractivity contribution < 1.29 is 19.4 Å². The highest BCUT2D eigenvalue weighted by atomic mass is 16.5. The minimum absolute atomic E-state index is 0.286. The van der Waals surface area contributed by atoms with Gasteiger partial charge in [-0.25, -0.2) is 4.79 Å². The SMILES string of the molecule is CCOC(=O)C(C#N)CCC1CCN(C(=O)O)CC1. The molecule has 0 radical (unpaired) electrons. The topological polar surface area (TPSA) is 90.6 Å². The first-order valence-electron chi connectivity index (χ1n) is 6.62. The number of hydrogen-bond donors (Lipinski definition) is 1. The van der Waals surface area contributed by atoms with Crippen molar-refractivity contribution in [2.24, 2.45) is 11.8 Å². The molecule has 0 aliphatic carbocycles. The first-order valence-corrected chi connectivity index (χ1v) is 6.62. The molecule has 0 aromatic rings. The molecular weight excluding hydrogens is 248 g/mol. The zero-order valence-corrected chi connectivity index (χ0v) is 11.2. The smallest absolute Gasteiger partial charge is 0.407 e. The molecule has 1 N–H and O–H groups in total. The van der Waals surface area contributed by atoms with Crippen molar-refractivity contribution in [2.75, 3.05) is 19.7 Å². The molecule has 106 valence electrons. The Labute approximate surface area is 112 Å². The van der Waals surface area contributed by atoms with Gasteiger partial charge in [0.05, 0.1) is 12.7 Å². The first-order chi connectivity index (χ1) is 9.08. The number of hydrogen-bond acceptors (Lipinski definition) is 4. The number of ether oxygens (including phenoxy) is 1. The third-order valence-corrected chi connectivity index (χ3v) is 3.48. The van der Waals surface area contributed by atoms with Crippen LogP contribution in [0.1, 0.15) is 32.6 Å². The maximum absolute atomic E-state index is 11.5. The quantitative estimate of drug-likeness (QED) is 0.768. The van der Waals surface area contributed by atoms with Crippen LogP contribution in [-0.2, 0) is 9.53 Å². The fraction of sp³-hybridized carbons (Fsp3) is 0.769. The van der Waals surface area contributed by atoms with E-state index in [0.717, 1.165) is 19.3 Å². The van der Waals surface area contributed by atoms with E-state index in [2.05, 4.69) is 0 Å². The Bertz CT molecular complexity index is 356. The first kappa shape index (κ1) is 15.3. The van der Waals surface area contributed by atoms with E-state index in [1.165, 1.54) is 4.90 Å². The lowest BCUT2D eigenvalue weighted by Gasteiger charge is -2.30. The number of carbonyl (C=O) groups is 2. The average Bonchev–Trinajstić information content (AvgIpc) is 2.40. The molecule has 1 rings (SSSR count). The molecule has 1 heterocycles. The van der Waals surface area contributed by atoms with Gasteiger partial charge in [-0.05, 0) is 38.5 Å². The van der Waals surface area contributed by atoms with Gasteiger partial charge < -0.3 is 14.7 Å². The molecule has 1 amide bonds. The van der Waals surface area contributed by atoms with Crippen LogP contribution in [0.2, 0.25) is 0 Å². The van der Waals surface area contributed by atoms with Crippen LogP contribution >= 0.6 is 0 Å². The van der Waals surface area contributed by atoms with Crippen molar-refractivity contribution in [2.45, 2.75) is 32.6 Å². The largest absolute Gasteiger partial charge is 0.465 e. The van der Waals surface area contributed by atoms with Gasteiger partial charge in [-0.3, -0.25) is 4.79 Å². The number of piperidine rings is 1. The maximum Gasteiger partial charge on any atom is 0.407 e. The number of rotatable bonds is 5. The van der Waals surface area contributed by atoms with Crippen LogP contribution < -0.4 is 0 Å². The summed E-state index contributed by atoms with van der Waals surface area (Å²) in [6, 6.07) is 1.97. The third kappa shape index (κ3) is 4.78. The third-order valence-electron chi connectivity index (χ3n) is 3.48. The van der Waals surface area contributed by atoms with Crippen molar-refractivity contribution in [3.8, 4) is 6.07 Å². The van der Waals surface area contributed by atoms with E-state index in [0.29, 0.717) is 25.4 Å². The zero-order valence-electron chi connectivity index (χ0n) is 11.2. The summed E-state index contributed by atoms with van der Waals surface area (Å²) in [5.74, 6) is -0.758. The number of carbonyl (C=O) groups excluding carboxylic acids is 1. The molecule has 1 saturated heterocycles. The Morgan fingerprint density at radius 1 is 1.47 bits per heavy atom. The van der Waals surface area contributed by atoms with Crippen molar-refractivity contribution in [1.29, 1.82) is 5.26 Å². The lowest BCUT2D eigenvalue weighted by atomic mass is 9.89. The second-order valence-electron chi connectivity index (χ2n) is 4.72. The van der Waals surface area contributed by atoms with E-state index in [4.69, 9.17) is 15.1 Å². The Kier molecular flexibility index (Phi) is 6.13. The summed E-state index contributed by atoms with van der Waals surface area (Å²) >= 11 is 0. The summed E-state index contributed by atoms with van der Waals surface area (Å²) in [5.41, 5.74) is 0. The molecule has 0 spiro atoms. The zero-order chi connectivity index (χ0) is 14.3. The Balaban J connectivity index is 2.31. The van der Waals surface area contributed by atoms with Crippen molar-refractivity contribution in [3.63, 3.8) is 0 Å². The lowest BCUT2D eigenvalue weighted by molar-refractivity contribution is -0.146. The number of nitriles is 1. The molecule has 0 aromatic carbocycles. The van der Waals surface area contributed by atoms with E-state index in [-0.39, 0.29) is 6.61 Å². The Hall–Kier alpha value is -1.77. The normalized spacial score (nSPS) is 17.6. The molecule has 1 fully saturated rings. The predicted octanol–water partition coefficient (Wildman–Crippen LogP) is 1.86. The molecule has 0 saturated carbocycles. The Morgan fingerprint density at radius 2 is 2.11 bits per heavy atom. The van der Waals surface area contributed by atoms with Crippen LogP contribution in [0.3, 0.4) is 0 Å². The van der Waals surface area contributed by atoms with E-state index < -0.39 is 18.0 Å². The summed E-state index contributed by atoms with van der Waals surface area (Å²) in [4.78, 5) is 23.6. The molecule has 1 aliphatic rings. The maximum atomic E-state index is 11.5. The molecule has 1 atom stereocenters. The standard InChI is InChI=1S/C13H20N2O4/c1-2-19-12(16)11(9-14)4-3-10-5-7-15(8-6-10)13(17)18/h10-11H,2-8H2,1H3,(H,17,18). The van der Waals surface area contributed by atoms with Crippen molar-refractivity contribution >= 4 is 12.1 Å². The number of carboxylic acid groups (broad SMARTS) is 1. The summed E-state index contributed by atoms with van der Waals surface area (Å²) in [7, 11) is 0. The highest BCUT2D eigenvalue weighted by Gasteiger charge is 2.25. The highest BCUT2D eigenvalue weighted by molar-refractivity contribution is 5.75. The van der Waals surface area contributed by atoms with E-state index in [1.807, 2.05) is 6.07 Å². The molecule has 19 heavy (non-hydrogen) atoms. The van der Waals surface area contributed by atoms with Crippen molar-refractivity contribution in [3.05, 3.63) is 0 Å². The van der Waals surface area contributed by atoms with E-state index in [9.17, 15) is 9.59 Å². The van der Waals surface area contributed by atoms with E-state index >= 15 is 0 Å². The summed E-state index contributed by atoms with van der Waals surface area (Å²) in [6.45, 7) is 3.08. The molecule has 1 unspecified atom stereocenters. The number of likely N-dealkylation sites (tertiary alicyclic amines) is 1. The lowest BCUT2D eigenvalue weighted by Crippen LogP contribution is -2.37. The highest BCUT2D eigenvalue weighted by Crippen LogP contribution is 2.24. The van der Waals surface area contributed by atoms with Gasteiger partial charge in [-0.1, -0.05) is 0 Å². The second kappa shape index (κ2) is 7.62. The van der Waals surface area contributed by atoms with Crippen LogP contribution in [0.5, 0.6) is 0 Å². The van der Waals surface area contributed by atoms with Gasteiger partial charge in [0, 0.05) is 13.1 Å². The minimum Gasteiger partial charge on any atom is -0.465 e. The van der Waals surface area contributed by atoms with Crippen LogP contribution in [0.15, 0.2) is 0 Å². The molecular formula is C13H20N2O4. The van der Waals surface area contributed by atoms with Gasteiger partial charge in [0.1, 0.15) is 5.92 Å². The minimum atomic E-state index is -0.875. The number of nitrogens with zero attached hydrogens (tertiary/aromatic N) is 2. The van der Waals surface area contributed by atoms with Crippen LogP contribution in [0, 0.1) is 23.2 Å². The van der Waals surface area contributed by atoms with Gasteiger partial charge in [0.25, 0.3) is 0 Å². The molecule has 0 bridgehead atoms. The Morgan fingerprint density at radius 3 is 2.58 bits per heavy atom. The fourth-order valence-electron chi connectivity index (χ4n) is 2.29. The second-order valence-corrected chi connectivity index (χ2v) is 4.72. The monoisotopic (exact) mass is 268 g/mol. The fourth-order valence-corrected chi connectivity index (χ4v) is 2.29. The average molecular weight is 268 g/mol. The van der Waals surface area contributed by atoms with Gasteiger partial charge in [-0.15, -0.1) is 0 Å². The van der Waals surface area contributed by atoms with Gasteiger partial charge in [0.15, 0.2) is 0 Å². The predicted molar refractivity (Wildman–Crippen MR) is 67.3 cm³/mol. The summed E-state index contributed by atoms with van der Waals surface area (Å²) < 4.78 is 4.84. The number of esters is 1.